The highest BCUT2D eigenvalue weighted by Crippen LogP contribution is 2.22. The molecule has 1 aromatic heterocycles. The van der Waals surface area contributed by atoms with Crippen molar-refractivity contribution in [1.82, 2.24) is 9.55 Å². The molecule has 1 heterocycles. The first kappa shape index (κ1) is 10.4. The maximum absolute atomic E-state index is 13.1. The third-order valence-corrected chi connectivity index (χ3v) is 2.43. The summed E-state index contributed by atoms with van der Waals surface area (Å²) in [5, 5.41) is 9.14. The Labute approximate surface area is 92.8 Å². The van der Waals surface area contributed by atoms with E-state index in [2.05, 4.69) is 11.1 Å². The van der Waals surface area contributed by atoms with Gasteiger partial charge in [-0.15, -0.1) is 0 Å². The van der Waals surface area contributed by atoms with Gasteiger partial charge in [-0.1, -0.05) is 12.1 Å². The van der Waals surface area contributed by atoms with Crippen LogP contribution in [0.1, 0.15) is 17.3 Å². The number of aromatic nitrogens is 2. The largest absolute Gasteiger partial charge is 0.337 e. The standard InChI is InChI=1S/C12H10FN3/c1-16-6-5-15-12(16)11(8-14)9-3-2-4-10(13)7-9/h2-7,11H,1H3. The fourth-order valence-corrected chi connectivity index (χ4v) is 1.62. The maximum atomic E-state index is 13.1. The van der Waals surface area contributed by atoms with Crippen molar-refractivity contribution in [3.8, 4) is 6.07 Å². The molecule has 4 heteroatoms. The highest BCUT2D eigenvalue weighted by atomic mass is 19.1. The summed E-state index contributed by atoms with van der Waals surface area (Å²) in [4.78, 5) is 4.11. The minimum atomic E-state index is -0.532. The number of imidazole rings is 1. The zero-order chi connectivity index (χ0) is 11.5. The van der Waals surface area contributed by atoms with E-state index in [-0.39, 0.29) is 5.82 Å². The number of hydrogen-bond acceptors (Lipinski definition) is 2. The maximum Gasteiger partial charge on any atom is 0.130 e. The van der Waals surface area contributed by atoms with Gasteiger partial charge in [0, 0.05) is 19.4 Å². The van der Waals surface area contributed by atoms with Crippen molar-refractivity contribution in [2.24, 2.45) is 7.05 Å². The third-order valence-electron chi connectivity index (χ3n) is 2.43. The number of hydrogen-bond donors (Lipinski definition) is 0. The average Bonchev–Trinajstić information content (AvgIpc) is 2.67. The Morgan fingerprint density at radius 1 is 1.50 bits per heavy atom. The molecule has 0 aliphatic carbocycles. The fraction of sp³-hybridized carbons (Fsp3) is 0.167. The lowest BCUT2D eigenvalue weighted by atomic mass is 10.00. The van der Waals surface area contributed by atoms with Gasteiger partial charge in [0.2, 0.25) is 0 Å². The smallest absolute Gasteiger partial charge is 0.130 e. The van der Waals surface area contributed by atoms with Crippen LogP contribution in [0.25, 0.3) is 0 Å². The number of benzene rings is 1. The van der Waals surface area contributed by atoms with Gasteiger partial charge in [0.25, 0.3) is 0 Å². The van der Waals surface area contributed by atoms with Gasteiger partial charge in [0.05, 0.1) is 6.07 Å². The summed E-state index contributed by atoms with van der Waals surface area (Å²) in [7, 11) is 1.81. The molecule has 0 bridgehead atoms. The van der Waals surface area contributed by atoms with E-state index in [0.29, 0.717) is 11.4 Å². The molecule has 0 amide bonds. The Morgan fingerprint density at radius 3 is 2.88 bits per heavy atom. The Morgan fingerprint density at radius 2 is 2.31 bits per heavy atom. The van der Waals surface area contributed by atoms with E-state index >= 15 is 0 Å². The van der Waals surface area contributed by atoms with Gasteiger partial charge in [0.15, 0.2) is 0 Å². The summed E-state index contributed by atoms with van der Waals surface area (Å²) in [6, 6.07) is 8.18. The predicted molar refractivity (Wildman–Crippen MR) is 57.1 cm³/mol. The molecule has 0 radical (unpaired) electrons. The Kier molecular flexibility index (Phi) is 2.69. The van der Waals surface area contributed by atoms with Gasteiger partial charge < -0.3 is 4.57 Å². The highest BCUT2D eigenvalue weighted by molar-refractivity contribution is 5.32. The lowest BCUT2D eigenvalue weighted by molar-refractivity contribution is 0.624. The summed E-state index contributed by atoms with van der Waals surface area (Å²) < 4.78 is 14.8. The molecule has 1 aromatic carbocycles. The van der Waals surface area contributed by atoms with Crippen molar-refractivity contribution < 1.29 is 4.39 Å². The molecule has 0 aliphatic rings. The van der Waals surface area contributed by atoms with Crippen molar-refractivity contribution >= 4 is 0 Å². The molecule has 1 atom stereocenters. The van der Waals surface area contributed by atoms with Gasteiger partial charge >= 0.3 is 0 Å². The first-order chi connectivity index (χ1) is 7.72. The summed E-state index contributed by atoms with van der Waals surface area (Å²) in [6.45, 7) is 0. The SMILES string of the molecule is Cn1ccnc1C(C#N)c1cccc(F)c1. The Balaban J connectivity index is 2.46. The van der Waals surface area contributed by atoms with Gasteiger partial charge in [0.1, 0.15) is 17.6 Å². The Bertz CT molecular complexity index is 539. The van der Waals surface area contributed by atoms with Crippen LogP contribution in [0.2, 0.25) is 0 Å². The van der Waals surface area contributed by atoms with Gasteiger partial charge in [-0.25, -0.2) is 9.37 Å². The van der Waals surface area contributed by atoms with E-state index in [1.165, 1.54) is 12.1 Å². The first-order valence-corrected chi connectivity index (χ1v) is 4.84. The second kappa shape index (κ2) is 4.15. The number of nitriles is 1. The lowest BCUT2D eigenvalue weighted by Gasteiger charge is -2.09. The van der Waals surface area contributed by atoms with Crippen LogP contribution in [-0.4, -0.2) is 9.55 Å². The van der Waals surface area contributed by atoms with E-state index < -0.39 is 5.92 Å². The molecule has 0 saturated heterocycles. The second-order valence-corrected chi connectivity index (χ2v) is 3.51. The normalized spacial score (nSPS) is 12.1. The summed E-state index contributed by atoms with van der Waals surface area (Å²) in [5.41, 5.74) is 0.622. The summed E-state index contributed by atoms with van der Waals surface area (Å²) in [5.74, 6) is -0.254. The number of halogens is 1. The predicted octanol–water partition coefficient (Wildman–Crippen LogP) is 2.21. The molecule has 0 saturated carbocycles. The van der Waals surface area contributed by atoms with Crippen LogP contribution in [0.3, 0.4) is 0 Å². The van der Waals surface area contributed by atoms with Gasteiger partial charge in [-0.2, -0.15) is 5.26 Å². The number of nitrogens with zero attached hydrogens (tertiary/aromatic N) is 3. The molecular formula is C12H10FN3. The van der Waals surface area contributed by atoms with Crippen LogP contribution in [0.5, 0.6) is 0 Å². The molecule has 0 fully saturated rings. The average molecular weight is 215 g/mol. The molecule has 2 rings (SSSR count). The van der Waals surface area contributed by atoms with Crippen molar-refractivity contribution in [2.75, 3.05) is 0 Å². The van der Waals surface area contributed by atoms with Crippen LogP contribution in [0, 0.1) is 17.1 Å². The van der Waals surface area contributed by atoms with Crippen LogP contribution in [0.15, 0.2) is 36.7 Å². The van der Waals surface area contributed by atoms with E-state index in [1.807, 2.05) is 7.05 Å². The first-order valence-electron chi connectivity index (χ1n) is 4.84. The van der Waals surface area contributed by atoms with Crippen LogP contribution < -0.4 is 0 Å². The minimum absolute atomic E-state index is 0.341. The molecule has 80 valence electrons. The van der Waals surface area contributed by atoms with Gasteiger partial charge in [-0.3, -0.25) is 0 Å². The van der Waals surface area contributed by atoms with E-state index in [4.69, 9.17) is 5.26 Å². The molecule has 0 aliphatic heterocycles. The van der Waals surface area contributed by atoms with Crippen LogP contribution >= 0.6 is 0 Å². The molecule has 0 N–H and O–H groups in total. The van der Waals surface area contributed by atoms with Crippen molar-refractivity contribution in [3.63, 3.8) is 0 Å². The monoisotopic (exact) mass is 215 g/mol. The highest BCUT2D eigenvalue weighted by Gasteiger charge is 2.17. The quantitative estimate of drug-likeness (QED) is 0.770. The molecule has 3 nitrogen and oxygen atoms in total. The van der Waals surface area contributed by atoms with Crippen molar-refractivity contribution in [1.29, 1.82) is 5.26 Å². The van der Waals surface area contributed by atoms with E-state index in [0.717, 1.165) is 0 Å². The van der Waals surface area contributed by atoms with Crippen molar-refractivity contribution in [2.45, 2.75) is 5.92 Å². The molecule has 2 aromatic rings. The van der Waals surface area contributed by atoms with E-state index in [9.17, 15) is 4.39 Å². The lowest BCUT2D eigenvalue weighted by Crippen LogP contribution is -2.06. The molecule has 0 spiro atoms. The number of aryl methyl sites for hydroxylation is 1. The van der Waals surface area contributed by atoms with Crippen molar-refractivity contribution in [3.05, 3.63) is 53.9 Å². The molecule has 16 heavy (non-hydrogen) atoms. The zero-order valence-electron chi connectivity index (χ0n) is 8.76. The topological polar surface area (TPSA) is 41.6 Å². The van der Waals surface area contributed by atoms with Gasteiger partial charge in [-0.05, 0) is 17.7 Å². The van der Waals surface area contributed by atoms with E-state index in [1.54, 1.807) is 29.1 Å². The second-order valence-electron chi connectivity index (χ2n) is 3.51. The zero-order valence-corrected chi connectivity index (χ0v) is 8.76. The summed E-state index contributed by atoms with van der Waals surface area (Å²) in [6.07, 6.45) is 3.39. The fourth-order valence-electron chi connectivity index (χ4n) is 1.62. The van der Waals surface area contributed by atoms with Crippen LogP contribution in [0.4, 0.5) is 4.39 Å². The Hall–Kier alpha value is -2.15. The summed E-state index contributed by atoms with van der Waals surface area (Å²) >= 11 is 0. The number of rotatable bonds is 2. The minimum Gasteiger partial charge on any atom is -0.337 e. The molecule has 1 unspecified atom stereocenters. The molecular weight excluding hydrogens is 205 g/mol. The third kappa shape index (κ3) is 1.80. The van der Waals surface area contributed by atoms with Crippen LogP contribution in [-0.2, 0) is 7.05 Å².